The highest BCUT2D eigenvalue weighted by molar-refractivity contribution is 9.10. The zero-order chi connectivity index (χ0) is 13.2. The molecule has 2 N–H and O–H groups in total. The molecule has 0 unspecified atom stereocenters. The van der Waals surface area contributed by atoms with Gasteiger partial charge in [0.25, 0.3) is 0 Å². The van der Waals surface area contributed by atoms with Crippen LogP contribution in [0.2, 0.25) is 0 Å². The van der Waals surface area contributed by atoms with Gasteiger partial charge in [-0.15, -0.1) is 0 Å². The van der Waals surface area contributed by atoms with Crippen LogP contribution in [0.3, 0.4) is 0 Å². The molecule has 0 aliphatic carbocycles. The third-order valence-electron chi connectivity index (χ3n) is 2.16. The smallest absolute Gasteiger partial charge is 0.246 e. The molecule has 0 aliphatic heterocycles. The van der Waals surface area contributed by atoms with Crippen LogP contribution < -0.4 is 5.73 Å². The molecule has 5 nitrogen and oxygen atoms in total. The lowest BCUT2D eigenvalue weighted by atomic mass is 10.2. The van der Waals surface area contributed by atoms with Crippen molar-refractivity contribution in [3.63, 3.8) is 0 Å². The van der Waals surface area contributed by atoms with Gasteiger partial charge in [-0.1, -0.05) is 13.8 Å². The van der Waals surface area contributed by atoms with Crippen molar-refractivity contribution >= 4 is 31.8 Å². The highest BCUT2D eigenvalue weighted by Crippen LogP contribution is 2.23. The highest BCUT2D eigenvalue weighted by atomic mass is 79.9. The molecule has 0 bridgehead atoms. The summed E-state index contributed by atoms with van der Waals surface area (Å²) in [6.45, 7) is 4.34. The van der Waals surface area contributed by atoms with Gasteiger partial charge >= 0.3 is 0 Å². The van der Waals surface area contributed by atoms with Crippen LogP contribution in [-0.4, -0.2) is 31.3 Å². The number of hydrogen-bond donors (Lipinski definition) is 1. The Bertz CT molecular complexity index is 502. The van der Waals surface area contributed by atoms with E-state index in [0.717, 1.165) is 0 Å². The molecule has 0 saturated carbocycles. The normalized spacial score (nSPS) is 12.4. The predicted molar refractivity (Wildman–Crippen MR) is 71.0 cm³/mol. The number of rotatable bonds is 4. The Morgan fingerprint density at radius 3 is 2.65 bits per heavy atom. The average Bonchev–Trinajstić information content (AvgIpc) is 2.20. The second-order valence-electron chi connectivity index (χ2n) is 4.22. The van der Waals surface area contributed by atoms with Crippen molar-refractivity contribution in [1.29, 1.82) is 0 Å². The zero-order valence-electron chi connectivity index (χ0n) is 10.0. The maximum Gasteiger partial charge on any atom is 0.246 e. The summed E-state index contributed by atoms with van der Waals surface area (Å²) < 4.78 is 26.3. The lowest BCUT2D eigenvalue weighted by molar-refractivity contribution is 0.417. The molecule has 96 valence electrons. The summed E-state index contributed by atoms with van der Waals surface area (Å²) in [6.07, 6.45) is 1.47. The van der Waals surface area contributed by atoms with Crippen molar-refractivity contribution in [2.45, 2.75) is 18.7 Å². The second kappa shape index (κ2) is 5.32. The lowest BCUT2D eigenvalue weighted by Gasteiger charge is -2.19. The van der Waals surface area contributed by atoms with Crippen LogP contribution in [0.4, 0.5) is 5.82 Å². The van der Waals surface area contributed by atoms with Crippen molar-refractivity contribution in [2.75, 3.05) is 19.3 Å². The third-order valence-corrected chi connectivity index (χ3v) is 4.45. The van der Waals surface area contributed by atoms with E-state index >= 15 is 0 Å². The summed E-state index contributed by atoms with van der Waals surface area (Å²) in [5.74, 6) is 0.264. The number of hydrogen-bond acceptors (Lipinski definition) is 4. The molecule has 0 aliphatic rings. The van der Waals surface area contributed by atoms with Crippen LogP contribution in [-0.2, 0) is 10.0 Å². The van der Waals surface area contributed by atoms with E-state index in [9.17, 15) is 8.42 Å². The fourth-order valence-corrected chi connectivity index (χ4v) is 3.32. The minimum absolute atomic E-state index is 0.0174. The van der Waals surface area contributed by atoms with Gasteiger partial charge in [0.2, 0.25) is 10.0 Å². The van der Waals surface area contributed by atoms with Crippen LogP contribution >= 0.6 is 15.9 Å². The van der Waals surface area contributed by atoms with Crippen molar-refractivity contribution in [2.24, 2.45) is 5.92 Å². The van der Waals surface area contributed by atoms with Crippen LogP contribution in [0, 0.1) is 5.92 Å². The molecule has 0 atom stereocenters. The van der Waals surface area contributed by atoms with E-state index in [4.69, 9.17) is 5.73 Å². The number of nitrogen functional groups attached to an aromatic ring is 1. The molecule has 0 saturated heterocycles. The Morgan fingerprint density at radius 2 is 2.12 bits per heavy atom. The first-order chi connectivity index (χ1) is 7.75. The number of nitrogens with two attached hydrogens (primary N) is 1. The molecular weight excluding hydrogens is 306 g/mol. The molecule has 1 rings (SSSR count). The highest BCUT2D eigenvalue weighted by Gasteiger charge is 2.24. The van der Waals surface area contributed by atoms with E-state index in [1.165, 1.54) is 23.6 Å². The quantitative estimate of drug-likeness (QED) is 0.915. The first-order valence-corrected chi connectivity index (χ1v) is 7.35. The molecule has 0 fully saturated rings. The summed E-state index contributed by atoms with van der Waals surface area (Å²) >= 11 is 3.19. The average molecular weight is 322 g/mol. The molecule has 0 amide bonds. The molecule has 0 radical (unpaired) electrons. The van der Waals surface area contributed by atoms with E-state index in [-0.39, 0.29) is 16.6 Å². The maximum atomic E-state index is 12.2. The number of anilines is 1. The van der Waals surface area contributed by atoms with Gasteiger partial charge in [0.1, 0.15) is 10.7 Å². The summed E-state index contributed by atoms with van der Waals surface area (Å²) in [7, 11) is -2.03. The Hall–Kier alpha value is -0.660. The Kier molecular flexibility index (Phi) is 4.51. The van der Waals surface area contributed by atoms with Crippen LogP contribution in [0.25, 0.3) is 0 Å². The first-order valence-electron chi connectivity index (χ1n) is 5.12. The van der Waals surface area contributed by atoms with E-state index in [2.05, 4.69) is 20.9 Å². The zero-order valence-corrected chi connectivity index (χ0v) is 12.4. The van der Waals surface area contributed by atoms with E-state index in [0.29, 0.717) is 11.0 Å². The third kappa shape index (κ3) is 3.40. The Labute approximate surface area is 110 Å². The molecule has 1 heterocycles. The molecule has 7 heteroatoms. The fourth-order valence-electron chi connectivity index (χ4n) is 1.42. The summed E-state index contributed by atoms with van der Waals surface area (Å²) in [5.41, 5.74) is 5.61. The minimum Gasteiger partial charge on any atom is -0.383 e. The number of halogens is 1. The summed E-state index contributed by atoms with van der Waals surface area (Å²) in [5, 5.41) is 0. The van der Waals surface area contributed by atoms with Crippen LogP contribution in [0.15, 0.2) is 21.6 Å². The predicted octanol–water partition coefficient (Wildman–Crippen LogP) is 1.70. The van der Waals surface area contributed by atoms with Crippen molar-refractivity contribution in [1.82, 2.24) is 9.29 Å². The maximum absolute atomic E-state index is 12.2. The van der Waals surface area contributed by atoms with Crippen molar-refractivity contribution in [3.05, 3.63) is 16.7 Å². The number of pyridine rings is 1. The van der Waals surface area contributed by atoms with Gasteiger partial charge in [0.15, 0.2) is 0 Å². The van der Waals surface area contributed by atoms with Gasteiger partial charge in [-0.05, 0) is 27.9 Å². The molecule has 0 aromatic carbocycles. The largest absolute Gasteiger partial charge is 0.383 e. The Morgan fingerprint density at radius 1 is 1.53 bits per heavy atom. The van der Waals surface area contributed by atoms with Crippen LogP contribution in [0.5, 0.6) is 0 Å². The van der Waals surface area contributed by atoms with Crippen molar-refractivity contribution in [3.8, 4) is 0 Å². The molecule has 0 spiro atoms. The topological polar surface area (TPSA) is 76.3 Å². The number of sulfonamides is 1. The van der Waals surface area contributed by atoms with Gasteiger partial charge in [-0.2, -0.15) is 0 Å². The van der Waals surface area contributed by atoms with Gasteiger partial charge in [-0.25, -0.2) is 17.7 Å². The molecule has 1 aromatic heterocycles. The van der Waals surface area contributed by atoms with Gasteiger partial charge < -0.3 is 5.73 Å². The second-order valence-corrected chi connectivity index (χ2v) is 7.15. The van der Waals surface area contributed by atoms with Gasteiger partial charge in [-0.3, -0.25) is 0 Å². The lowest BCUT2D eigenvalue weighted by Crippen LogP contribution is -2.31. The minimum atomic E-state index is -3.57. The number of aromatic nitrogens is 1. The molecule has 1 aromatic rings. The van der Waals surface area contributed by atoms with E-state index in [1.54, 1.807) is 0 Å². The monoisotopic (exact) mass is 321 g/mol. The SMILES string of the molecule is CC(C)CN(C)S(=O)(=O)c1cc(Br)cnc1N. The Balaban J connectivity index is 3.17. The van der Waals surface area contributed by atoms with Gasteiger partial charge in [0.05, 0.1) is 0 Å². The van der Waals surface area contributed by atoms with E-state index < -0.39 is 10.0 Å². The fraction of sp³-hybridized carbons (Fsp3) is 0.500. The molecule has 17 heavy (non-hydrogen) atoms. The first kappa shape index (κ1) is 14.4. The molecular formula is C10H16BrN3O2S. The number of nitrogens with zero attached hydrogens (tertiary/aromatic N) is 2. The summed E-state index contributed by atoms with van der Waals surface area (Å²) in [6, 6.07) is 1.47. The van der Waals surface area contributed by atoms with Gasteiger partial charge in [0, 0.05) is 24.3 Å². The van der Waals surface area contributed by atoms with Crippen LogP contribution in [0.1, 0.15) is 13.8 Å². The van der Waals surface area contributed by atoms with E-state index in [1.807, 2.05) is 13.8 Å². The summed E-state index contributed by atoms with van der Waals surface area (Å²) in [4.78, 5) is 3.87. The van der Waals surface area contributed by atoms with Crippen molar-refractivity contribution < 1.29 is 8.42 Å². The standard InChI is InChI=1S/C10H16BrN3O2S/c1-7(2)6-14(3)17(15,16)9-4-8(11)5-13-10(9)12/h4-5,7H,6H2,1-3H3,(H2,12,13).